The van der Waals surface area contributed by atoms with Gasteiger partial charge in [-0.1, -0.05) is 11.6 Å². The van der Waals surface area contributed by atoms with E-state index < -0.39 is 10.7 Å². The van der Waals surface area contributed by atoms with E-state index in [1.54, 1.807) is 6.07 Å². The Bertz CT molecular complexity index is 743. The van der Waals surface area contributed by atoms with Crippen molar-refractivity contribution in [2.24, 2.45) is 0 Å². The summed E-state index contributed by atoms with van der Waals surface area (Å²) in [7, 11) is 0. The molecule has 106 valence electrons. The van der Waals surface area contributed by atoms with Crippen molar-refractivity contribution in [1.29, 1.82) is 5.26 Å². The highest BCUT2D eigenvalue weighted by Gasteiger charge is 2.14. The van der Waals surface area contributed by atoms with Gasteiger partial charge in [0, 0.05) is 17.2 Å². The Morgan fingerprint density at radius 2 is 2.10 bits per heavy atom. The van der Waals surface area contributed by atoms with Crippen LogP contribution in [-0.2, 0) is 6.61 Å². The summed E-state index contributed by atoms with van der Waals surface area (Å²) in [5.74, 6) is -0.545. The summed E-state index contributed by atoms with van der Waals surface area (Å²) in [6.45, 7) is -0.137. The molecule has 0 saturated heterocycles. The summed E-state index contributed by atoms with van der Waals surface area (Å²) in [4.78, 5) is 10.3. The predicted molar refractivity (Wildman–Crippen MR) is 73.6 cm³/mol. The lowest BCUT2D eigenvalue weighted by atomic mass is 10.2. The van der Waals surface area contributed by atoms with Crippen molar-refractivity contribution in [2.45, 2.75) is 6.61 Å². The largest absolute Gasteiger partial charge is 0.489 e. The molecule has 0 radical (unpaired) electrons. The first-order valence-corrected chi connectivity index (χ1v) is 6.14. The number of ether oxygens (including phenoxy) is 1. The number of nitro benzene ring substituents is 1. The molecule has 0 aromatic heterocycles. The van der Waals surface area contributed by atoms with Gasteiger partial charge in [0.15, 0.2) is 0 Å². The second-order valence-corrected chi connectivity index (χ2v) is 4.51. The molecule has 0 saturated carbocycles. The molecule has 2 aromatic rings. The van der Waals surface area contributed by atoms with E-state index >= 15 is 0 Å². The number of rotatable bonds is 4. The molecule has 2 aromatic carbocycles. The van der Waals surface area contributed by atoms with Gasteiger partial charge in [-0.05, 0) is 24.3 Å². The summed E-state index contributed by atoms with van der Waals surface area (Å²) in [5, 5.41) is 19.9. The number of nitro groups is 1. The van der Waals surface area contributed by atoms with E-state index in [1.165, 1.54) is 30.3 Å². The Kier molecular flexibility index (Phi) is 4.36. The van der Waals surface area contributed by atoms with Crippen molar-refractivity contribution >= 4 is 17.3 Å². The number of nitriles is 1. The number of nitrogens with zero attached hydrogens (tertiary/aromatic N) is 2. The standard InChI is InChI=1S/C14H8ClFN2O3/c15-11-2-4-14(18(19)20)10(5-11)8-21-12-3-1-9(7-17)13(16)6-12/h1-6H,8H2. The average molecular weight is 307 g/mol. The minimum atomic E-state index is -0.712. The first kappa shape index (κ1) is 14.8. The quantitative estimate of drug-likeness (QED) is 0.635. The molecule has 0 bridgehead atoms. The molecule has 21 heavy (non-hydrogen) atoms. The normalized spacial score (nSPS) is 9.95. The fourth-order valence-electron chi connectivity index (χ4n) is 1.69. The summed E-state index contributed by atoms with van der Waals surface area (Å²) in [6, 6.07) is 9.53. The molecular weight excluding hydrogens is 299 g/mol. The summed E-state index contributed by atoms with van der Waals surface area (Å²) >= 11 is 5.79. The second-order valence-electron chi connectivity index (χ2n) is 4.07. The average Bonchev–Trinajstić information content (AvgIpc) is 2.45. The van der Waals surface area contributed by atoms with E-state index in [2.05, 4.69) is 0 Å². The Balaban J connectivity index is 2.20. The molecule has 7 heteroatoms. The SMILES string of the molecule is N#Cc1ccc(OCc2cc(Cl)ccc2[N+](=O)[O-])cc1F. The molecule has 0 atom stereocenters. The van der Waals surface area contributed by atoms with Crippen LogP contribution < -0.4 is 4.74 Å². The van der Waals surface area contributed by atoms with Crippen molar-refractivity contribution in [3.8, 4) is 11.8 Å². The Hall–Kier alpha value is -2.65. The van der Waals surface area contributed by atoms with Crippen LogP contribution in [0.5, 0.6) is 5.75 Å². The highest BCUT2D eigenvalue weighted by Crippen LogP contribution is 2.25. The van der Waals surface area contributed by atoms with Gasteiger partial charge >= 0.3 is 0 Å². The van der Waals surface area contributed by atoms with Gasteiger partial charge in [0.25, 0.3) is 5.69 Å². The monoisotopic (exact) mass is 306 g/mol. The first-order chi connectivity index (χ1) is 10.0. The highest BCUT2D eigenvalue weighted by molar-refractivity contribution is 6.30. The predicted octanol–water partition coefficient (Wildman–Crippen LogP) is 3.84. The molecule has 0 heterocycles. The van der Waals surface area contributed by atoms with Crippen LogP contribution in [-0.4, -0.2) is 4.92 Å². The molecule has 0 N–H and O–H groups in total. The van der Waals surface area contributed by atoms with Gasteiger partial charge in [-0.3, -0.25) is 10.1 Å². The van der Waals surface area contributed by atoms with Gasteiger partial charge in [-0.2, -0.15) is 5.26 Å². The minimum Gasteiger partial charge on any atom is -0.489 e. The Labute approximate surface area is 124 Å². The lowest BCUT2D eigenvalue weighted by molar-refractivity contribution is -0.385. The summed E-state index contributed by atoms with van der Waals surface area (Å²) in [5.41, 5.74) is 0.0434. The topological polar surface area (TPSA) is 76.2 Å². The van der Waals surface area contributed by atoms with Crippen molar-refractivity contribution in [3.63, 3.8) is 0 Å². The van der Waals surface area contributed by atoms with Crippen molar-refractivity contribution in [3.05, 3.63) is 68.5 Å². The van der Waals surface area contributed by atoms with Crippen LogP contribution >= 0.6 is 11.6 Å². The van der Waals surface area contributed by atoms with Gasteiger partial charge in [0.1, 0.15) is 24.2 Å². The van der Waals surface area contributed by atoms with Crippen LogP contribution in [0, 0.1) is 27.3 Å². The first-order valence-electron chi connectivity index (χ1n) is 5.76. The fraction of sp³-hybridized carbons (Fsp3) is 0.0714. The zero-order valence-corrected chi connectivity index (χ0v) is 11.3. The third kappa shape index (κ3) is 3.46. The van der Waals surface area contributed by atoms with E-state index in [-0.39, 0.29) is 29.2 Å². The lowest BCUT2D eigenvalue weighted by Crippen LogP contribution is -2.01. The third-order valence-corrected chi connectivity index (χ3v) is 2.93. The van der Waals surface area contributed by atoms with Gasteiger partial charge in [0.2, 0.25) is 0 Å². The van der Waals surface area contributed by atoms with Crippen LogP contribution in [0.3, 0.4) is 0 Å². The molecule has 0 aliphatic heterocycles. The molecule has 0 fully saturated rings. The Morgan fingerprint density at radius 3 is 2.71 bits per heavy atom. The van der Waals surface area contributed by atoms with Gasteiger partial charge < -0.3 is 4.74 Å². The van der Waals surface area contributed by atoms with Crippen LogP contribution in [0.25, 0.3) is 0 Å². The van der Waals surface area contributed by atoms with Gasteiger partial charge in [-0.25, -0.2) is 4.39 Å². The summed E-state index contributed by atoms with van der Waals surface area (Å²) < 4.78 is 18.7. The van der Waals surface area contributed by atoms with Gasteiger partial charge in [-0.15, -0.1) is 0 Å². The maximum Gasteiger partial charge on any atom is 0.276 e. The third-order valence-electron chi connectivity index (χ3n) is 2.69. The zero-order chi connectivity index (χ0) is 15.4. The van der Waals surface area contributed by atoms with Gasteiger partial charge in [0.05, 0.1) is 16.1 Å². The zero-order valence-electron chi connectivity index (χ0n) is 10.5. The fourth-order valence-corrected chi connectivity index (χ4v) is 1.88. The molecule has 5 nitrogen and oxygen atoms in total. The van der Waals surface area contributed by atoms with E-state index in [1.807, 2.05) is 0 Å². The number of hydrogen-bond acceptors (Lipinski definition) is 4. The molecule has 2 rings (SSSR count). The van der Waals surface area contributed by atoms with Crippen LogP contribution in [0.2, 0.25) is 5.02 Å². The molecule has 0 unspecified atom stereocenters. The minimum absolute atomic E-state index is 0.101. The Morgan fingerprint density at radius 1 is 1.33 bits per heavy atom. The number of benzene rings is 2. The van der Waals surface area contributed by atoms with E-state index in [0.717, 1.165) is 6.07 Å². The van der Waals surface area contributed by atoms with Crippen LogP contribution in [0.15, 0.2) is 36.4 Å². The van der Waals surface area contributed by atoms with Crippen molar-refractivity contribution < 1.29 is 14.1 Å². The number of halogens is 2. The molecular formula is C14H8ClFN2O3. The summed E-state index contributed by atoms with van der Waals surface area (Å²) in [6.07, 6.45) is 0. The number of hydrogen-bond donors (Lipinski definition) is 0. The van der Waals surface area contributed by atoms with Crippen molar-refractivity contribution in [2.75, 3.05) is 0 Å². The molecule has 0 amide bonds. The second kappa shape index (κ2) is 6.20. The van der Waals surface area contributed by atoms with E-state index in [9.17, 15) is 14.5 Å². The maximum atomic E-state index is 13.4. The van der Waals surface area contributed by atoms with E-state index in [0.29, 0.717) is 5.02 Å². The maximum absolute atomic E-state index is 13.4. The van der Waals surface area contributed by atoms with Crippen LogP contribution in [0.4, 0.5) is 10.1 Å². The van der Waals surface area contributed by atoms with E-state index in [4.69, 9.17) is 21.6 Å². The van der Waals surface area contributed by atoms with Crippen molar-refractivity contribution in [1.82, 2.24) is 0 Å². The lowest BCUT2D eigenvalue weighted by Gasteiger charge is -2.07. The highest BCUT2D eigenvalue weighted by atomic mass is 35.5. The van der Waals surface area contributed by atoms with Crippen LogP contribution in [0.1, 0.15) is 11.1 Å². The molecule has 0 spiro atoms. The molecule has 0 aliphatic rings. The smallest absolute Gasteiger partial charge is 0.276 e. The molecule has 0 aliphatic carbocycles.